The minimum atomic E-state index is 0.0120. The van der Waals surface area contributed by atoms with Crippen LogP contribution < -0.4 is 10.1 Å². The fourth-order valence-electron chi connectivity index (χ4n) is 2.23. The van der Waals surface area contributed by atoms with Crippen molar-refractivity contribution in [2.24, 2.45) is 0 Å². The van der Waals surface area contributed by atoms with Crippen LogP contribution in [-0.4, -0.2) is 12.5 Å². The van der Waals surface area contributed by atoms with E-state index >= 15 is 0 Å². The van der Waals surface area contributed by atoms with E-state index in [2.05, 4.69) is 54.2 Å². The standard InChI is InChI=1S/C20H24BrNO2/c1-20(2,3)15-6-10-17(11-7-15)22-19(23)5-4-14-24-18-12-8-16(21)9-13-18/h6-13H,4-5,14H2,1-3H3,(H,22,23). The van der Waals surface area contributed by atoms with Crippen LogP contribution in [0, 0.1) is 0 Å². The summed E-state index contributed by atoms with van der Waals surface area (Å²) in [6.07, 6.45) is 1.12. The summed E-state index contributed by atoms with van der Waals surface area (Å²) in [6, 6.07) is 15.7. The van der Waals surface area contributed by atoms with Crippen molar-refractivity contribution < 1.29 is 9.53 Å². The van der Waals surface area contributed by atoms with Crippen molar-refractivity contribution in [1.29, 1.82) is 0 Å². The molecule has 4 heteroatoms. The first kappa shape index (κ1) is 18.5. The summed E-state index contributed by atoms with van der Waals surface area (Å²) in [5.41, 5.74) is 2.21. The van der Waals surface area contributed by atoms with E-state index in [1.807, 2.05) is 36.4 Å². The molecule has 0 saturated heterocycles. The lowest BCUT2D eigenvalue weighted by Crippen LogP contribution is -2.14. The van der Waals surface area contributed by atoms with Crippen molar-refractivity contribution in [2.45, 2.75) is 39.0 Å². The fourth-order valence-corrected chi connectivity index (χ4v) is 2.49. The molecule has 0 aliphatic carbocycles. The van der Waals surface area contributed by atoms with Crippen molar-refractivity contribution >= 4 is 27.5 Å². The molecule has 24 heavy (non-hydrogen) atoms. The topological polar surface area (TPSA) is 38.3 Å². The lowest BCUT2D eigenvalue weighted by Gasteiger charge is -2.19. The van der Waals surface area contributed by atoms with Gasteiger partial charge in [0.1, 0.15) is 5.75 Å². The third kappa shape index (κ3) is 6.00. The zero-order valence-electron chi connectivity index (χ0n) is 14.4. The minimum absolute atomic E-state index is 0.0120. The van der Waals surface area contributed by atoms with Crippen molar-refractivity contribution in [1.82, 2.24) is 0 Å². The Labute approximate surface area is 152 Å². The molecule has 2 rings (SSSR count). The number of hydrogen-bond donors (Lipinski definition) is 1. The van der Waals surface area contributed by atoms with Gasteiger partial charge in [-0.3, -0.25) is 4.79 Å². The predicted molar refractivity (Wildman–Crippen MR) is 103 cm³/mol. The Bertz CT molecular complexity index is 658. The molecule has 3 nitrogen and oxygen atoms in total. The Morgan fingerprint density at radius 1 is 1.04 bits per heavy atom. The first-order valence-corrected chi connectivity index (χ1v) is 8.93. The second-order valence-electron chi connectivity index (χ2n) is 6.78. The molecule has 0 saturated carbocycles. The molecule has 2 aromatic carbocycles. The molecule has 0 fully saturated rings. The van der Waals surface area contributed by atoms with Gasteiger partial charge < -0.3 is 10.1 Å². The molecule has 0 spiro atoms. The lowest BCUT2D eigenvalue weighted by atomic mass is 9.87. The first-order chi connectivity index (χ1) is 11.3. The molecule has 0 bridgehead atoms. The first-order valence-electron chi connectivity index (χ1n) is 8.13. The number of benzene rings is 2. The van der Waals surface area contributed by atoms with E-state index in [4.69, 9.17) is 4.74 Å². The van der Waals surface area contributed by atoms with Gasteiger partial charge in [0.15, 0.2) is 0 Å². The van der Waals surface area contributed by atoms with E-state index in [0.29, 0.717) is 19.4 Å². The minimum Gasteiger partial charge on any atom is -0.494 e. The number of carbonyl (C=O) groups is 1. The summed E-state index contributed by atoms with van der Waals surface area (Å²) in [6.45, 7) is 7.04. The van der Waals surface area contributed by atoms with Crippen LogP contribution in [0.3, 0.4) is 0 Å². The number of halogens is 1. The maximum Gasteiger partial charge on any atom is 0.224 e. The van der Waals surface area contributed by atoms with Gasteiger partial charge in [-0.1, -0.05) is 48.8 Å². The van der Waals surface area contributed by atoms with Gasteiger partial charge in [0.25, 0.3) is 0 Å². The number of anilines is 1. The molecule has 0 aliphatic heterocycles. The highest BCUT2D eigenvalue weighted by Gasteiger charge is 2.13. The molecule has 0 aliphatic rings. The van der Waals surface area contributed by atoms with Crippen molar-refractivity contribution in [3.8, 4) is 5.75 Å². The maximum absolute atomic E-state index is 12.0. The largest absolute Gasteiger partial charge is 0.494 e. The number of nitrogens with one attached hydrogen (secondary N) is 1. The van der Waals surface area contributed by atoms with Crippen molar-refractivity contribution in [3.63, 3.8) is 0 Å². The van der Waals surface area contributed by atoms with E-state index in [1.54, 1.807) is 0 Å². The summed E-state index contributed by atoms with van der Waals surface area (Å²) < 4.78 is 6.63. The van der Waals surface area contributed by atoms with Crippen molar-refractivity contribution in [2.75, 3.05) is 11.9 Å². The van der Waals surface area contributed by atoms with Crippen LogP contribution in [0.4, 0.5) is 5.69 Å². The van der Waals surface area contributed by atoms with Crippen LogP contribution in [0.2, 0.25) is 0 Å². The molecule has 0 atom stereocenters. The molecule has 0 aromatic heterocycles. The third-order valence-electron chi connectivity index (χ3n) is 3.67. The van der Waals surface area contributed by atoms with Crippen molar-refractivity contribution in [3.05, 3.63) is 58.6 Å². The molecular weight excluding hydrogens is 366 g/mol. The van der Waals surface area contributed by atoms with Gasteiger partial charge in [0.2, 0.25) is 5.91 Å². The van der Waals surface area contributed by atoms with E-state index in [1.165, 1.54) is 5.56 Å². The predicted octanol–water partition coefficient (Wildman–Crippen LogP) is 5.54. The zero-order valence-corrected chi connectivity index (χ0v) is 16.0. The molecular formula is C20H24BrNO2. The van der Waals surface area contributed by atoms with Crippen LogP contribution in [0.1, 0.15) is 39.2 Å². The lowest BCUT2D eigenvalue weighted by molar-refractivity contribution is -0.116. The van der Waals surface area contributed by atoms with E-state index in [9.17, 15) is 4.79 Å². The maximum atomic E-state index is 12.0. The highest BCUT2D eigenvalue weighted by Crippen LogP contribution is 2.23. The summed E-state index contributed by atoms with van der Waals surface area (Å²) >= 11 is 3.38. The average Bonchev–Trinajstić information content (AvgIpc) is 2.53. The van der Waals surface area contributed by atoms with Crippen LogP contribution >= 0.6 is 15.9 Å². The molecule has 128 valence electrons. The second-order valence-corrected chi connectivity index (χ2v) is 7.70. The summed E-state index contributed by atoms with van der Waals surface area (Å²) in [7, 11) is 0. The Kier molecular flexibility index (Phi) is 6.44. The van der Waals surface area contributed by atoms with Gasteiger partial charge in [-0.15, -0.1) is 0 Å². The monoisotopic (exact) mass is 389 g/mol. The summed E-state index contributed by atoms with van der Waals surface area (Å²) in [5.74, 6) is 0.828. The van der Waals surface area contributed by atoms with Gasteiger partial charge in [-0.05, 0) is 53.8 Å². The van der Waals surface area contributed by atoms with E-state index in [-0.39, 0.29) is 11.3 Å². The normalized spacial score (nSPS) is 11.2. The number of carbonyl (C=O) groups excluding carboxylic acids is 1. The van der Waals surface area contributed by atoms with E-state index < -0.39 is 0 Å². The SMILES string of the molecule is CC(C)(C)c1ccc(NC(=O)CCCOc2ccc(Br)cc2)cc1. The van der Waals surface area contributed by atoms with Crippen LogP contribution in [0.5, 0.6) is 5.75 Å². The Hall–Kier alpha value is -1.81. The number of rotatable bonds is 6. The zero-order chi connectivity index (χ0) is 17.6. The third-order valence-corrected chi connectivity index (χ3v) is 4.19. The average molecular weight is 390 g/mol. The number of hydrogen-bond acceptors (Lipinski definition) is 2. The summed E-state index contributed by atoms with van der Waals surface area (Å²) in [4.78, 5) is 12.0. The van der Waals surface area contributed by atoms with Crippen LogP contribution in [0.25, 0.3) is 0 Å². The molecule has 1 N–H and O–H groups in total. The molecule has 0 heterocycles. The highest BCUT2D eigenvalue weighted by atomic mass is 79.9. The van der Waals surface area contributed by atoms with Crippen LogP contribution in [0.15, 0.2) is 53.0 Å². The Morgan fingerprint density at radius 3 is 2.25 bits per heavy atom. The molecule has 1 amide bonds. The van der Waals surface area contributed by atoms with E-state index in [0.717, 1.165) is 15.9 Å². The number of amides is 1. The second kappa shape index (κ2) is 8.34. The fraction of sp³-hybridized carbons (Fsp3) is 0.350. The van der Waals surface area contributed by atoms with Gasteiger partial charge >= 0.3 is 0 Å². The Balaban J connectivity index is 1.72. The van der Waals surface area contributed by atoms with Gasteiger partial charge in [-0.2, -0.15) is 0 Å². The Morgan fingerprint density at radius 2 is 1.67 bits per heavy atom. The van der Waals surface area contributed by atoms with Crippen LogP contribution in [-0.2, 0) is 10.2 Å². The van der Waals surface area contributed by atoms with Gasteiger partial charge in [0.05, 0.1) is 6.61 Å². The molecule has 0 radical (unpaired) electrons. The van der Waals surface area contributed by atoms with Gasteiger partial charge in [0, 0.05) is 16.6 Å². The number of ether oxygens (including phenoxy) is 1. The quantitative estimate of drug-likeness (QED) is 0.658. The molecule has 0 unspecified atom stereocenters. The molecule has 2 aromatic rings. The highest BCUT2D eigenvalue weighted by molar-refractivity contribution is 9.10. The summed E-state index contributed by atoms with van der Waals surface area (Å²) in [5, 5.41) is 2.93. The smallest absolute Gasteiger partial charge is 0.224 e. The van der Waals surface area contributed by atoms with Gasteiger partial charge in [-0.25, -0.2) is 0 Å².